The van der Waals surface area contributed by atoms with Crippen molar-refractivity contribution in [1.82, 2.24) is 9.80 Å². The first-order valence-corrected chi connectivity index (χ1v) is 9.33. The Balaban J connectivity index is 1.59. The van der Waals surface area contributed by atoms with E-state index < -0.39 is 0 Å². The molecule has 0 aliphatic carbocycles. The van der Waals surface area contributed by atoms with Crippen LogP contribution in [-0.4, -0.2) is 49.0 Å². The quantitative estimate of drug-likeness (QED) is 0.743. The van der Waals surface area contributed by atoms with Gasteiger partial charge in [-0.05, 0) is 42.5 Å². The standard InChI is InChI=1S/C19H20BrClN2O2/c1-25-18-7-4-16(20)12-15(18)13-22-8-10-23(11-9-22)19(24)14-2-5-17(21)6-3-14/h2-7,12H,8-11,13H2,1H3. The van der Waals surface area contributed by atoms with Crippen LogP contribution in [0.25, 0.3) is 0 Å². The molecule has 1 amide bonds. The Hall–Kier alpha value is -1.56. The predicted molar refractivity (Wildman–Crippen MR) is 103 cm³/mol. The van der Waals surface area contributed by atoms with Crippen molar-refractivity contribution in [2.75, 3.05) is 33.3 Å². The number of amides is 1. The molecular formula is C19H20BrClN2O2. The molecule has 132 valence electrons. The maximum absolute atomic E-state index is 12.6. The van der Waals surface area contributed by atoms with Crippen LogP contribution in [-0.2, 0) is 6.54 Å². The van der Waals surface area contributed by atoms with Crippen LogP contribution in [0.15, 0.2) is 46.9 Å². The van der Waals surface area contributed by atoms with Crippen LogP contribution in [0.3, 0.4) is 0 Å². The zero-order valence-corrected chi connectivity index (χ0v) is 16.4. The molecule has 25 heavy (non-hydrogen) atoms. The van der Waals surface area contributed by atoms with Crippen molar-refractivity contribution in [2.24, 2.45) is 0 Å². The molecule has 1 saturated heterocycles. The molecule has 2 aromatic carbocycles. The Morgan fingerprint density at radius 1 is 1.12 bits per heavy atom. The van der Waals surface area contributed by atoms with E-state index in [1.54, 1.807) is 31.4 Å². The molecule has 0 unspecified atom stereocenters. The number of carbonyl (C=O) groups is 1. The van der Waals surface area contributed by atoms with Gasteiger partial charge in [-0.2, -0.15) is 0 Å². The van der Waals surface area contributed by atoms with E-state index >= 15 is 0 Å². The highest BCUT2D eigenvalue weighted by molar-refractivity contribution is 9.10. The molecular weight excluding hydrogens is 404 g/mol. The third kappa shape index (κ3) is 4.54. The summed E-state index contributed by atoms with van der Waals surface area (Å²) in [7, 11) is 1.69. The number of nitrogens with zero attached hydrogens (tertiary/aromatic N) is 2. The van der Waals surface area contributed by atoms with Gasteiger partial charge in [0.1, 0.15) is 5.75 Å². The molecule has 0 atom stereocenters. The van der Waals surface area contributed by atoms with Crippen LogP contribution < -0.4 is 4.74 Å². The molecule has 4 nitrogen and oxygen atoms in total. The van der Waals surface area contributed by atoms with Crippen molar-refractivity contribution in [1.29, 1.82) is 0 Å². The SMILES string of the molecule is COc1ccc(Br)cc1CN1CCN(C(=O)c2ccc(Cl)cc2)CC1. The number of piperazine rings is 1. The van der Waals surface area contributed by atoms with E-state index in [9.17, 15) is 4.79 Å². The zero-order chi connectivity index (χ0) is 17.8. The average molecular weight is 424 g/mol. The number of ether oxygens (including phenoxy) is 1. The van der Waals surface area contributed by atoms with Gasteiger partial charge in [0.05, 0.1) is 7.11 Å². The lowest BCUT2D eigenvalue weighted by Gasteiger charge is -2.35. The number of hydrogen-bond donors (Lipinski definition) is 0. The minimum absolute atomic E-state index is 0.0661. The summed E-state index contributed by atoms with van der Waals surface area (Å²) in [5.74, 6) is 0.958. The van der Waals surface area contributed by atoms with Gasteiger partial charge in [0, 0.05) is 53.3 Å². The fourth-order valence-corrected chi connectivity index (χ4v) is 3.53. The Morgan fingerprint density at radius 2 is 1.80 bits per heavy atom. The molecule has 0 bridgehead atoms. The second kappa shape index (κ2) is 8.21. The van der Waals surface area contributed by atoms with Crippen LogP contribution in [0.5, 0.6) is 5.75 Å². The summed E-state index contributed by atoms with van der Waals surface area (Å²) in [6.45, 7) is 3.94. The monoisotopic (exact) mass is 422 g/mol. The number of carbonyl (C=O) groups excluding carboxylic acids is 1. The molecule has 1 aliphatic rings. The van der Waals surface area contributed by atoms with Gasteiger partial charge >= 0.3 is 0 Å². The Morgan fingerprint density at radius 3 is 2.44 bits per heavy atom. The van der Waals surface area contributed by atoms with Gasteiger partial charge in [-0.25, -0.2) is 0 Å². The van der Waals surface area contributed by atoms with Gasteiger partial charge < -0.3 is 9.64 Å². The van der Waals surface area contributed by atoms with Crippen molar-refractivity contribution in [3.63, 3.8) is 0 Å². The fourth-order valence-electron chi connectivity index (χ4n) is 3.00. The van der Waals surface area contributed by atoms with E-state index in [-0.39, 0.29) is 5.91 Å². The van der Waals surface area contributed by atoms with E-state index in [1.807, 2.05) is 17.0 Å². The Kier molecular flexibility index (Phi) is 5.99. The van der Waals surface area contributed by atoms with Crippen molar-refractivity contribution >= 4 is 33.4 Å². The second-order valence-corrected chi connectivity index (χ2v) is 7.38. The molecule has 6 heteroatoms. The molecule has 1 aliphatic heterocycles. The van der Waals surface area contributed by atoms with Crippen LogP contribution >= 0.6 is 27.5 Å². The summed E-state index contributed by atoms with van der Waals surface area (Å²) in [5.41, 5.74) is 1.83. The Bertz CT molecular complexity index is 744. The topological polar surface area (TPSA) is 32.8 Å². The molecule has 0 saturated carbocycles. The zero-order valence-electron chi connectivity index (χ0n) is 14.0. The molecule has 0 radical (unpaired) electrons. The summed E-state index contributed by atoms with van der Waals surface area (Å²) >= 11 is 9.40. The average Bonchev–Trinajstić information content (AvgIpc) is 2.63. The Labute approximate surface area is 161 Å². The number of methoxy groups -OCH3 is 1. The van der Waals surface area contributed by atoms with E-state index in [4.69, 9.17) is 16.3 Å². The number of halogens is 2. The van der Waals surface area contributed by atoms with Gasteiger partial charge in [-0.15, -0.1) is 0 Å². The normalized spacial score (nSPS) is 15.2. The highest BCUT2D eigenvalue weighted by Crippen LogP contribution is 2.25. The number of rotatable bonds is 4. The molecule has 1 fully saturated rings. The minimum atomic E-state index is 0.0661. The molecule has 0 spiro atoms. The van der Waals surface area contributed by atoms with E-state index in [0.29, 0.717) is 10.6 Å². The summed E-state index contributed by atoms with van der Waals surface area (Å²) in [6, 6.07) is 13.1. The molecule has 3 rings (SSSR count). The molecule has 2 aromatic rings. The summed E-state index contributed by atoms with van der Waals surface area (Å²) < 4.78 is 6.49. The lowest BCUT2D eigenvalue weighted by molar-refractivity contribution is 0.0627. The maximum atomic E-state index is 12.6. The van der Waals surface area contributed by atoms with Crippen LogP contribution in [0.4, 0.5) is 0 Å². The van der Waals surface area contributed by atoms with Crippen molar-refractivity contribution < 1.29 is 9.53 Å². The highest BCUT2D eigenvalue weighted by Gasteiger charge is 2.22. The van der Waals surface area contributed by atoms with Gasteiger partial charge in [-0.1, -0.05) is 27.5 Å². The van der Waals surface area contributed by atoms with Crippen LogP contribution in [0.1, 0.15) is 15.9 Å². The summed E-state index contributed by atoms with van der Waals surface area (Å²) in [4.78, 5) is 16.8. The van der Waals surface area contributed by atoms with E-state index in [1.165, 1.54) is 0 Å². The van der Waals surface area contributed by atoms with Gasteiger partial charge in [0.25, 0.3) is 5.91 Å². The first kappa shape index (κ1) is 18.2. The van der Waals surface area contributed by atoms with Crippen molar-refractivity contribution in [2.45, 2.75) is 6.54 Å². The minimum Gasteiger partial charge on any atom is -0.496 e. The summed E-state index contributed by atoms with van der Waals surface area (Å²) in [5, 5.41) is 0.643. The first-order valence-electron chi connectivity index (χ1n) is 8.16. The van der Waals surface area contributed by atoms with Crippen LogP contribution in [0, 0.1) is 0 Å². The second-order valence-electron chi connectivity index (χ2n) is 6.03. The third-order valence-electron chi connectivity index (χ3n) is 4.39. The maximum Gasteiger partial charge on any atom is 0.253 e. The van der Waals surface area contributed by atoms with Crippen molar-refractivity contribution in [3.8, 4) is 5.75 Å². The van der Waals surface area contributed by atoms with E-state index in [0.717, 1.165) is 48.5 Å². The van der Waals surface area contributed by atoms with Crippen LogP contribution in [0.2, 0.25) is 5.02 Å². The number of hydrogen-bond acceptors (Lipinski definition) is 3. The van der Waals surface area contributed by atoms with Crippen molar-refractivity contribution in [3.05, 3.63) is 63.1 Å². The van der Waals surface area contributed by atoms with Gasteiger partial charge in [0.15, 0.2) is 0 Å². The summed E-state index contributed by atoms with van der Waals surface area (Å²) in [6.07, 6.45) is 0. The lowest BCUT2D eigenvalue weighted by atomic mass is 10.1. The van der Waals surface area contributed by atoms with E-state index in [2.05, 4.69) is 26.9 Å². The fraction of sp³-hybridized carbons (Fsp3) is 0.316. The smallest absolute Gasteiger partial charge is 0.253 e. The molecule has 1 heterocycles. The lowest BCUT2D eigenvalue weighted by Crippen LogP contribution is -2.48. The van der Waals surface area contributed by atoms with Gasteiger partial charge in [-0.3, -0.25) is 9.69 Å². The van der Waals surface area contributed by atoms with Gasteiger partial charge in [0.2, 0.25) is 0 Å². The molecule has 0 aromatic heterocycles. The predicted octanol–water partition coefficient (Wildman–Crippen LogP) is 4.07. The first-order chi connectivity index (χ1) is 12.1. The molecule has 0 N–H and O–H groups in total. The largest absolute Gasteiger partial charge is 0.496 e. The third-order valence-corrected chi connectivity index (χ3v) is 5.13. The highest BCUT2D eigenvalue weighted by atomic mass is 79.9. The number of benzene rings is 2.